The molecule has 5 heteroatoms. The minimum Gasteiger partial charge on any atom is -0.481 e. The first-order valence-corrected chi connectivity index (χ1v) is 6.69. The van der Waals surface area contributed by atoms with Crippen molar-refractivity contribution in [3.05, 3.63) is 29.8 Å². The number of nitrogens with one attached hydrogen (secondary N) is 1. The Morgan fingerprint density at radius 2 is 2.05 bits per heavy atom. The summed E-state index contributed by atoms with van der Waals surface area (Å²) in [4.78, 5) is 23.0. The standard InChI is InChI=1S/C15H19NO4/c1-9(20-2)10-4-3-5-11(8-10)16-14(17)12-6-7-13(12)15(18)19/h3-5,8-9,12-13H,6-7H2,1-2H3,(H,16,17)(H,18,19). The highest BCUT2D eigenvalue weighted by Gasteiger charge is 2.41. The van der Waals surface area contributed by atoms with E-state index in [4.69, 9.17) is 9.84 Å². The number of carboxylic acids is 1. The Hall–Kier alpha value is -1.88. The number of hydrogen-bond acceptors (Lipinski definition) is 3. The second-order valence-electron chi connectivity index (χ2n) is 5.12. The van der Waals surface area contributed by atoms with E-state index in [9.17, 15) is 9.59 Å². The number of carbonyl (C=O) groups is 2. The lowest BCUT2D eigenvalue weighted by molar-refractivity contribution is -0.151. The molecule has 0 aromatic heterocycles. The number of benzene rings is 1. The minimum absolute atomic E-state index is 0.0534. The van der Waals surface area contributed by atoms with E-state index in [0.717, 1.165) is 5.56 Å². The summed E-state index contributed by atoms with van der Waals surface area (Å²) < 4.78 is 5.23. The molecular formula is C15H19NO4. The van der Waals surface area contributed by atoms with Crippen LogP contribution in [0.2, 0.25) is 0 Å². The topological polar surface area (TPSA) is 75.6 Å². The van der Waals surface area contributed by atoms with Gasteiger partial charge in [0.25, 0.3) is 0 Å². The fraction of sp³-hybridized carbons (Fsp3) is 0.467. The monoisotopic (exact) mass is 277 g/mol. The van der Waals surface area contributed by atoms with Gasteiger partial charge in [0.2, 0.25) is 5.91 Å². The van der Waals surface area contributed by atoms with Crippen LogP contribution in [-0.4, -0.2) is 24.1 Å². The zero-order valence-corrected chi connectivity index (χ0v) is 11.6. The average Bonchev–Trinajstić information content (AvgIpc) is 2.35. The van der Waals surface area contributed by atoms with Gasteiger partial charge >= 0.3 is 5.97 Å². The Morgan fingerprint density at radius 3 is 2.60 bits per heavy atom. The third kappa shape index (κ3) is 2.99. The molecule has 0 bridgehead atoms. The summed E-state index contributed by atoms with van der Waals surface area (Å²) in [5, 5.41) is 11.8. The number of aliphatic carboxylic acids is 1. The summed E-state index contributed by atoms with van der Waals surface area (Å²) in [6.07, 6.45) is 1.16. The van der Waals surface area contributed by atoms with E-state index in [0.29, 0.717) is 18.5 Å². The van der Waals surface area contributed by atoms with Crippen molar-refractivity contribution >= 4 is 17.6 Å². The van der Waals surface area contributed by atoms with E-state index < -0.39 is 17.8 Å². The highest BCUT2D eigenvalue weighted by molar-refractivity contribution is 5.96. The van der Waals surface area contributed by atoms with Gasteiger partial charge in [-0.15, -0.1) is 0 Å². The number of hydrogen-bond donors (Lipinski definition) is 2. The number of carboxylic acid groups (broad SMARTS) is 1. The van der Waals surface area contributed by atoms with Gasteiger partial charge in [0, 0.05) is 12.8 Å². The van der Waals surface area contributed by atoms with Crippen LogP contribution in [0.15, 0.2) is 24.3 Å². The Balaban J connectivity index is 2.03. The highest BCUT2D eigenvalue weighted by Crippen LogP contribution is 2.35. The third-order valence-electron chi connectivity index (χ3n) is 3.91. The number of carbonyl (C=O) groups excluding carboxylic acids is 1. The van der Waals surface area contributed by atoms with Gasteiger partial charge in [-0.25, -0.2) is 0 Å². The smallest absolute Gasteiger partial charge is 0.307 e. The molecular weight excluding hydrogens is 258 g/mol. The molecule has 0 aliphatic heterocycles. The highest BCUT2D eigenvalue weighted by atomic mass is 16.5. The third-order valence-corrected chi connectivity index (χ3v) is 3.91. The van der Waals surface area contributed by atoms with Crippen LogP contribution in [0.5, 0.6) is 0 Å². The zero-order chi connectivity index (χ0) is 14.7. The van der Waals surface area contributed by atoms with Gasteiger partial charge in [-0.2, -0.15) is 0 Å². The van der Waals surface area contributed by atoms with Crippen LogP contribution in [0.25, 0.3) is 0 Å². The first-order chi connectivity index (χ1) is 9.52. The molecule has 1 aromatic carbocycles. The predicted octanol–water partition coefficient (Wildman–Crippen LogP) is 2.44. The quantitative estimate of drug-likeness (QED) is 0.866. The molecule has 1 amide bonds. The van der Waals surface area contributed by atoms with Gasteiger partial charge in [0.05, 0.1) is 17.9 Å². The Labute approximate surface area is 117 Å². The van der Waals surface area contributed by atoms with Crippen LogP contribution in [0.1, 0.15) is 31.4 Å². The van der Waals surface area contributed by atoms with Gasteiger partial charge in [-0.1, -0.05) is 12.1 Å². The van der Waals surface area contributed by atoms with E-state index in [-0.39, 0.29) is 12.0 Å². The van der Waals surface area contributed by atoms with Crippen LogP contribution in [0.4, 0.5) is 5.69 Å². The van der Waals surface area contributed by atoms with Crippen molar-refractivity contribution in [2.45, 2.75) is 25.9 Å². The molecule has 2 rings (SSSR count). The molecule has 1 saturated carbocycles. The largest absolute Gasteiger partial charge is 0.481 e. The fourth-order valence-corrected chi connectivity index (χ4v) is 2.35. The lowest BCUT2D eigenvalue weighted by Crippen LogP contribution is -2.41. The molecule has 108 valence electrons. The summed E-state index contributed by atoms with van der Waals surface area (Å²) in [7, 11) is 1.63. The molecule has 0 saturated heterocycles. The normalized spacial score (nSPS) is 22.7. The van der Waals surface area contributed by atoms with Crippen molar-refractivity contribution in [1.29, 1.82) is 0 Å². The van der Waals surface area contributed by atoms with Crippen molar-refractivity contribution in [3.8, 4) is 0 Å². The van der Waals surface area contributed by atoms with Crippen LogP contribution >= 0.6 is 0 Å². The lowest BCUT2D eigenvalue weighted by atomic mass is 9.73. The molecule has 1 aliphatic rings. The van der Waals surface area contributed by atoms with E-state index in [2.05, 4.69) is 5.32 Å². The molecule has 20 heavy (non-hydrogen) atoms. The fourth-order valence-electron chi connectivity index (χ4n) is 2.35. The molecule has 0 spiro atoms. The Bertz CT molecular complexity index is 514. The summed E-state index contributed by atoms with van der Waals surface area (Å²) >= 11 is 0. The van der Waals surface area contributed by atoms with Crippen molar-refractivity contribution in [2.24, 2.45) is 11.8 Å². The van der Waals surface area contributed by atoms with Gasteiger partial charge in [-0.05, 0) is 37.5 Å². The van der Waals surface area contributed by atoms with Gasteiger partial charge in [0.15, 0.2) is 0 Å². The van der Waals surface area contributed by atoms with E-state index in [1.807, 2.05) is 25.1 Å². The maximum Gasteiger partial charge on any atom is 0.307 e. The molecule has 5 nitrogen and oxygen atoms in total. The molecule has 3 atom stereocenters. The van der Waals surface area contributed by atoms with Crippen LogP contribution < -0.4 is 5.32 Å². The van der Waals surface area contributed by atoms with Crippen molar-refractivity contribution < 1.29 is 19.4 Å². The SMILES string of the molecule is COC(C)c1cccc(NC(=O)C2CCC2C(=O)O)c1. The maximum absolute atomic E-state index is 12.1. The number of anilines is 1. The minimum atomic E-state index is -0.891. The molecule has 3 unspecified atom stereocenters. The van der Waals surface area contributed by atoms with Gasteiger partial charge in [-0.3, -0.25) is 9.59 Å². The molecule has 1 aromatic rings. The first kappa shape index (κ1) is 14.5. The van der Waals surface area contributed by atoms with Crippen LogP contribution in [-0.2, 0) is 14.3 Å². The molecule has 1 fully saturated rings. The first-order valence-electron chi connectivity index (χ1n) is 6.69. The van der Waals surface area contributed by atoms with Crippen LogP contribution in [0.3, 0.4) is 0 Å². The van der Waals surface area contributed by atoms with E-state index in [1.54, 1.807) is 13.2 Å². The Kier molecular flexibility index (Phi) is 4.39. The van der Waals surface area contributed by atoms with Crippen molar-refractivity contribution in [2.75, 3.05) is 12.4 Å². The predicted molar refractivity (Wildman–Crippen MR) is 74.3 cm³/mol. The number of amides is 1. The maximum atomic E-state index is 12.1. The van der Waals surface area contributed by atoms with Crippen molar-refractivity contribution in [1.82, 2.24) is 0 Å². The molecule has 2 N–H and O–H groups in total. The zero-order valence-electron chi connectivity index (χ0n) is 11.6. The summed E-state index contributed by atoms with van der Waals surface area (Å²) in [5.74, 6) is -2.07. The van der Waals surface area contributed by atoms with E-state index >= 15 is 0 Å². The van der Waals surface area contributed by atoms with Gasteiger partial charge in [0.1, 0.15) is 0 Å². The number of methoxy groups -OCH3 is 1. The Morgan fingerprint density at radius 1 is 1.35 bits per heavy atom. The number of rotatable bonds is 5. The second kappa shape index (κ2) is 6.05. The van der Waals surface area contributed by atoms with Crippen LogP contribution in [0, 0.1) is 11.8 Å². The van der Waals surface area contributed by atoms with E-state index in [1.165, 1.54) is 0 Å². The molecule has 1 aliphatic carbocycles. The lowest BCUT2D eigenvalue weighted by Gasteiger charge is -2.31. The summed E-state index contributed by atoms with van der Waals surface area (Å²) in [5.41, 5.74) is 1.64. The summed E-state index contributed by atoms with van der Waals surface area (Å²) in [6.45, 7) is 1.92. The molecule has 0 heterocycles. The summed E-state index contributed by atoms with van der Waals surface area (Å²) in [6, 6.07) is 7.40. The second-order valence-corrected chi connectivity index (χ2v) is 5.12. The van der Waals surface area contributed by atoms with Crippen molar-refractivity contribution in [3.63, 3.8) is 0 Å². The van der Waals surface area contributed by atoms with Gasteiger partial charge < -0.3 is 15.2 Å². The average molecular weight is 277 g/mol. The number of ether oxygens (including phenoxy) is 1. The molecule has 0 radical (unpaired) electrons.